The summed E-state index contributed by atoms with van der Waals surface area (Å²) >= 11 is 0. The second-order valence-corrected chi connectivity index (χ2v) is 6.88. The van der Waals surface area contributed by atoms with Crippen molar-refractivity contribution in [3.63, 3.8) is 0 Å². The zero-order chi connectivity index (χ0) is 17.2. The van der Waals surface area contributed by atoms with Crippen LogP contribution in [-0.2, 0) is 16.4 Å². The Morgan fingerprint density at radius 2 is 1.96 bits per heavy atom. The number of carbonyl (C=O) groups excluding carboxylic acids is 1. The number of piperidine rings is 1. The number of hydrogen-bond donors (Lipinski definition) is 2. The first-order chi connectivity index (χ1) is 11.4. The van der Waals surface area contributed by atoms with Crippen LogP contribution >= 0.6 is 0 Å². The van der Waals surface area contributed by atoms with Crippen LogP contribution in [0.25, 0.3) is 0 Å². The Kier molecular flexibility index (Phi) is 4.85. The molecule has 2 aliphatic rings. The van der Waals surface area contributed by atoms with Gasteiger partial charge < -0.3 is 10.6 Å². The second-order valence-electron chi connectivity index (χ2n) is 6.88. The standard InChI is InChI=1S/C18H23F3N2O/c19-18(20,21)14-6-3-5-13(11-14)17(8-1-2-9-17)16(24)23-15-7-4-10-22-12-15/h3,5-6,11,15,22H,1-2,4,7-10,12H2,(H,23,24)/t15-/m0/s1. The van der Waals surface area contributed by atoms with E-state index >= 15 is 0 Å². The predicted molar refractivity (Wildman–Crippen MR) is 85.6 cm³/mol. The van der Waals surface area contributed by atoms with E-state index in [4.69, 9.17) is 0 Å². The molecule has 6 heteroatoms. The maximum absolute atomic E-state index is 13.0. The van der Waals surface area contributed by atoms with Gasteiger partial charge in [-0.25, -0.2) is 0 Å². The minimum Gasteiger partial charge on any atom is -0.351 e. The molecule has 1 saturated carbocycles. The lowest BCUT2D eigenvalue weighted by Gasteiger charge is -2.32. The monoisotopic (exact) mass is 340 g/mol. The Bertz CT molecular complexity index is 588. The average Bonchev–Trinajstić information content (AvgIpc) is 3.06. The number of hydrogen-bond acceptors (Lipinski definition) is 2. The van der Waals surface area contributed by atoms with Crippen LogP contribution in [0.2, 0.25) is 0 Å². The number of rotatable bonds is 3. The summed E-state index contributed by atoms with van der Waals surface area (Å²) in [6.07, 6.45) is 0.484. The lowest BCUT2D eigenvalue weighted by molar-refractivity contribution is -0.138. The highest BCUT2D eigenvalue weighted by molar-refractivity contribution is 5.89. The summed E-state index contributed by atoms with van der Waals surface area (Å²) in [6, 6.07) is 5.36. The van der Waals surface area contributed by atoms with Gasteiger partial charge in [-0.15, -0.1) is 0 Å². The largest absolute Gasteiger partial charge is 0.416 e. The molecule has 1 amide bonds. The Balaban J connectivity index is 1.86. The molecule has 0 radical (unpaired) electrons. The Labute approximate surface area is 140 Å². The van der Waals surface area contributed by atoms with Gasteiger partial charge in [-0.1, -0.05) is 31.0 Å². The number of alkyl halides is 3. The molecular weight excluding hydrogens is 317 g/mol. The van der Waals surface area contributed by atoms with Crippen LogP contribution in [-0.4, -0.2) is 25.0 Å². The van der Waals surface area contributed by atoms with Gasteiger partial charge in [-0.2, -0.15) is 13.2 Å². The van der Waals surface area contributed by atoms with Crippen molar-refractivity contribution in [3.8, 4) is 0 Å². The van der Waals surface area contributed by atoms with Gasteiger partial charge in [0.1, 0.15) is 0 Å². The molecule has 3 nitrogen and oxygen atoms in total. The summed E-state index contributed by atoms with van der Waals surface area (Å²) in [5.41, 5.74) is -1.01. The molecule has 0 unspecified atom stereocenters. The van der Waals surface area contributed by atoms with E-state index in [0.717, 1.165) is 50.9 Å². The predicted octanol–water partition coefficient (Wildman–Crippen LogP) is 3.39. The van der Waals surface area contributed by atoms with Crippen LogP contribution in [0.15, 0.2) is 24.3 Å². The average molecular weight is 340 g/mol. The Morgan fingerprint density at radius 1 is 1.21 bits per heavy atom. The van der Waals surface area contributed by atoms with Crippen LogP contribution in [0, 0.1) is 0 Å². The van der Waals surface area contributed by atoms with E-state index in [1.165, 1.54) is 6.07 Å². The zero-order valence-corrected chi connectivity index (χ0v) is 13.6. The summed E-state index contributed by atoms with van der Waals surface area (Å²) in [7, 11) is 0. The summed E-state index contributed by atoms with van der Waals surface area (Å²) in [5, 5.41) is 6.32. The van der Waals surface area contributed by atoms with Crippen molar-refractivity contribution >= 4 is 5.91 Å². The van der Waals surface area contributed by atoms with Gasteiger partial charge in [0, 0.05) is 12.6 Å². The van der Waals surface area contributed by atoms with Crippen molar-refractivity contribution in [1.29, 1.82) is 0 Å². The molecule has 2 fully saturated rings. The van der Waals surface area contributed by atoms with E-state index in [1.807, 2.05) is 0 Å². The lowest BCUT2D eigenvalue weighted by atomic mass is 9.77. The maximum Gasteiger partial charge on any atom is 0.416 e. The lowest BCUT2D eigenvalue weighted by Crippen LogP contribution is -2.51. The first-order valence-electron chi connectivity index (χ1n) is 8.61. The van der Waals surface area contributed by atoms with Gasteiger partial charge >= 0.3 is 6.18 Å². The Hall–Kier alpha value is -1.56. The summed E-state index contributed by atoms with van der Waals surface area (Å²) < 4.78 is 39.1. The molecule has 2 N–H and O–H groups in total. The second kappa shape index (κ2) is 6.75. The molecule has 0 spiro atoms. The van der Waals surface area contributed by atoms with Crippen LogP contribution in [0.3, 0.4) is 0 Å². The first-order valence-corrected chi connectivity index (χ1v) is 8.61. The van der Waals surface area contributed by atoms with E-state index in [2.05, 4.69) is 10.6 Å². The smallest absolute Gasteiger partial charge is 0.351 e. The molecule has 1 aromatic rings. The minimum absolute atomic E-state index is 0.0644. The summed E-state index contributed by atoms with van der Waals surface area (Å²) in [6.45, 7) is 1.68. The number of nitrogens with one attached hydrogen (secondary N) is 2. The van der Waals surface area contributed by atoms with Crippen molar-refractivity contribution in [2.75, 3.05) is 13.1 Å². The molecule has 1 aliphatic carbocycles. The van der Waals surface area contributed by atoms with Crippen molar-refractivity contribution in [2.24, 2.45) is 0 Å². The normalized spacial score (nSPS) is 23.9. The zero-order valence-electron chi connectivity index (χ0n) is 13.6. The van der Waals surface area contributed by atoms with Gasteiger partial charge in [0.15, 0.2) is 0 Å². The topological polar surface area (TPSA) is 41.1 Å². The van der Waals surface area contributed by atoms with E-state index in [1.54, 1.807) is 6.07 Å². The number of carbonyl (C=O) groups is 1. The highest BCUT2D eigenvalue weighted by Crippen LogP contribution is 2.43. The van der Waals surface area contributed by atoms with Crippen molar-refractivity contribution in [2.45, 2.75) is 56.2 Å². The SMILES string of the molecule is O=C(N[C@H]1CCCNC1)C1(c2cccc(C(F)(F)F)c2)CCCC1. The molecule has 0 bridgehead atoms. The van der Waals surface area contributed by atoms with Gasteiger partial charge in [0.2, 0.25) is 5.91 Å². The van der Waals surface area contributed by atoms with Crippen LogP contribution in [0.5, 0.6) is 0 Å². The quantitative estimate of drug-likeness (QED) is 0.886. The van der Waals surface area contributed by atoms with Crippen molar-refractivity contribution in [1.82, 2.24) is 10.6 Å². The molecule has 24 heavy (non-hydrogen) atoms. The van der Waals surface area contributed by atoms with Crippen molar-refractivity contribution < 1.29 is 18.0 Å². The molecule has 1 aliphatic heterocycles. The summed E-state index contributed by atoms with van der Waals surface area (Å²) in [4.78, 5) is 13.0. The molecule has 1 aromatic carbocycles. The molecule has 0 aromatic heterocycles. The van der Waals surface area contributed by atoms with E-state index in [9.17, 15) is 18.0 Å². The van der Waals surface area contributed by atoms with Gasteiger partial charge in [0.25, 0.3) is 0 Å². The maximum atomic E-state index is 13.0. The number of benzene rings is 1. The molecule has 1 saturated heterocycles. The van der Waals surface area contributed by atoms with Crippen LogP contribution in [0.1, 0.15) is 49.7 Å². The Morgan fingerprint density at radius 3 is 2.58 bits per heavy atom. The first kappa shape index (κ1) is 17.3. The molecule has 132 valence electrons. The van der Waals surface area contributed by atoms with E-state index in [-0.39, 0.29) is 11.9 Å². The van der Waals surface area contributed by atoms with Gasteiger partial charge in [-0.05, 0) is 43.9 Å². The third kappa shape index (κ3) is 3.43. The fourth-order valence-corrected chi connectivity index (χ4v) is 3.92. The fraction of sp³-hybridized carbons (Fsp3) is 0.611. The third-order valence-electron chi connectivity index (χ3n) is 5.27. The highest BCUT2D eigenvalue weighted by atomic mass is 19.4. The van der Waals surface area contributed by atoms with Gasteiger partial charge in [0.05, 0.1) is 11.0 Å². The summed E-state index contributed by atoms with van der Waals surface area (Å²) in [5.74, 6) is -0.118. The van der Waals surface area contributed by atoms with Gasteiger partial charge in [-0.3, -0.25) is 4.79 Å². The fourth-order valence-electron chi connectivity index (χ4n) is 3.92. The molecule has 1 atom stereocenters. The van der Waals surface area contributed by atoms with Crippen LogP contribution < -0.4 is 10.6 Å². The van der Waals surface area contributed by atoms with Crippen molar-refractivity contribution in [3.05, 3.63) is 35.4 Å². The minimum atomic E-state index is -4.39. The third-order valence-corrected chi connectivity index (χ3v) is 5.27. The van der Waals surface area contributed by atoms with E-state index in [0.29, 0.717) is 18.4 Å². The molecule has 3 rings (SSSR count). The number of amides is 1. The van der Waals surface area contributed by atoms with E-state index < -0.39 is 17.2 Å². The molecular formula is C18H23F3N2O. The molecule has 1 heterocycles. The number of halogens is 3. The highest BCUT2D eigenvalue weighted by Gasteiger charge is 2.44. The van der Waals surface area contributed by atoms with Crippen LogP contribution in [0.4, 0.5) is 13.2 Å².